The lowest BCUT2D eigenvalue weighted by molar-refractivity contribution is 0.310. The van der Waals surface area contributed by atoms with Crippen LogP contribution < -0.4 is 10.1 Å². The van der Waals surface area contributed by atoms with E-state index in [4.69, 9.17) is 4.74 Å². The zero-order chi connectivity index (χ0) is 11.8. The molecule has 0 radical (unpaired) electrons. The zero-order valence-electron chi connectivity index (χ0n) is 10.7. The van der Waals surface area contributed by atoms with E-state index in [1.54, 1.807) is 0 Å². The van der Waals surface area contributed by atoms with Crippen LogP contribution in [0.1, 0.15) is 30.9 Å². The van der Waals surface area contributed by atoms with Crippen molar-refractivity contribution in [1.82, 2.24) is 5.32 Å². The lowest BCUT2D eigenvalue weighted by Gasteiger charge is -2.12. The average Bonchev–Trinajstić information content (AvgIpc) is 2.26. The minimum atomic E-state index is 0.745. The molecule has 0 saturated heterocycles. The first-order valence-electron chi connectivity index (χ1n) is 6.15. The van der Waals surface area contributed by atoms with Crippen LogP contribution in [0.4, 0.5) is 0 Å². The first-order valence-corrected chi connectivity index (χ1v) is 6.15. The second-order valence-electron chi connectivity index (χ2n) is 4.17. The molecule has 0 heterocycles. The Morgan fingerprint density at radius 1 is 1.12 bits per heavy atom. The second-order valence-corrected chi connectivity index (χ2v) is 4.17. The van der Waals surface area contributed by atoms with Crippen molar-refractivity contribution >= 4 is 0 Å². The Morgan fingerprint density at radius 2 is 1.81 bits per heavy atom. The van der Waals surface area contributed by atoms with Crippen molar-refractivity contribution in [3.05, 3.63) is 29.3 Å². The first-order chi connectivity index (χ1) is 7.75. The van der Waals surface area contributed by atoms with E-state index in [0.717, 1.165) is 25.4 Å². The van der Waals surface area contributed by atoms with Gasteiger partial charge in [-0.3, -0.25) is 0 Å². The van der Waals surface area contributed by atoms with Gasteiger partial charge in [0.05, 0.1) is 0 Å². The molecule has 0 spiro atoms. The highest BCUT2D eigenvalue weighted by atomic mass is 16.5. The molecule has 0 saturated carbocycles. The van der Waals surface area contributed by atoms with Crippen LogP contribution in [0.3, 0.4) is 0 Å². The van der Waals surface area contributed by atoms with E-state index in [1.807, 2.05) is 0 Å². The van der Waals surface area contributed by atoms with Gasteiger partial charge in [-0.25, -0.2) is 0 Å². The molecule has 0 aliphatic carbocycles. The molecule has 2 nitrogen and oxygen atoms in total. The molecule has 0 aliphatic heterocycles. The van der Waals surface area contributed by atoms with E-state index in [1.165, 1.54) is 24.0 Å². The standard InChI is InChI=1S/C14H23NO/c1-4-5-9-15-10-11-16-14-12(2)7-6-8-13(14)3/h6-8,15H,4-5,9-11H2,1-3H3. The van der Waals surface area contributed by atoms with Crippen LogP contribution >= 0.6 is 0 Å². The van der Waals surface area contributed by atoms with Gasteiger partial charge in [-0.15, -0.1) is 0 Å². The molecular weight excluding hydrogens is 198 g/mol. The third-order valence-electron chi connectivity index (χ3n) is 2.64. The fraction of sp³-hybridized carbons (Fsp3) is 0.571. The highest BCUT2D eigenvalue weighted by Gasteiger charge is 2.01. The van der Waals surface area contributed by atoms with Crippen molar-refractivity contribution < 1.29 is 4.74 Å². The predicted octanol–water partition coefficient (Wildman–Crippen LogP) is 3.07. The maximum Gasteiger partial charge on any atom is 0.125 e. The molecule has 2 heteroatoms. The van der Waals surface area contributed by atoms with Crippen molar-refractivity contribution in [2.45, 2.75) is 33.6 Å². The lowest BCUT2D eigenvalue weighted by Crippen LogP contribution is -2.22. The van der Waals surface area contributed by atoms with Gasteiger partial charge >= 0.3 is 0 Å². The summed E-state index contributed by atoms with van der Waals surface area (Å²) < 4.78 is 5.79. The number of aryl methyl sites for hydroxylation is 2. The molecule has 0 fully saturated rings. The fourth-order valence-corrected chi connectivity index (χ4v) is 1.68. The largest absolute Gasteiger partial charge is 0.492 e. The number of hydrogen-bond donors (Lipinski definition) is 1. The van der Waals surface area contributed by atoms with Crippen LogP contribution in [0.2, 0.25) is 0 Å². The second kappa shape index (κ2) is 7.29. The molecule has 90 valence electrons. The van der Waals surface area contributed by atoms with Crippen molar-refractivity contribution in [2.24, 2.45) is 0 Å². The highest BCUT2D eigenvalue weighted by molar-refractivity contribution is 5.39. The van der Waals surface area contributed by atoms with Gasteiger partial charge in [-0.05, 0) is 37.9 Å². The molecule has 16 heavy (non-hydrogen) atoms. The summed E-state index contributed by atoms with van der Waals surface area (Å²) in [6.07, 6.45) is 2.48. The Labute approximate surface area is 99.0 Å². The SMILES string of the molecule is CCCCNCCOc1c(C)cccc1C. The van der Waals surface area contributed by atoms with Crippen molar-refractivity contribution in [3.63, 3.8) is 0 Å². The molecule has 0 aromatic heterocycles. The number of hydrogen-bond acceptors (Lipinski definition) is 2. The summed E-state index contributed by atoms with van der Waals surface area (Å²) in [5.41, 5.74) is 2.43. The lowest BCUT2D eigenvalue weighted by atomic mass is 10.1. The molecule has 0 bridgehead atoms. The van der Waals surface area contributed by atoms with Gasteiger partial charge < -0.3 is 10.1 Å². The molecular formula is C14H23NO. The Morgan fingerprint density at radius 3 is 2.44 bits per heavy atom. The summed E-state index contributed by atoms with van der Waals surface area (Å²) in [6, 6.07) is 6.25. The monoisotopic (exact) mass is 221 g/mol. The minimum Gasteiger partial charge on any atom is -0.492 e. The van der Waals surface area contributed by atoms with Crippen LogP contribution in [-0.4, -0.2) is 19.7 Å². The summed E-state index contributed by atoms with van der Waals surface area (Å²) in [4.78, 5) is 0. The highest BCUT2D eigenvalue weighted by Crippen LogP contribution is 2.21. The average molecular weight is 221 g/mol. The van der Waals surface area contributed by atoms with Gasteiger partial charge in [0.25, 0.3) is 0 Å². The van der Waals surface area contributed by atoms with Crippen LogP contribution in [0.5, 0.6) is 5.75 Å². The third-order valence-corrected chi connectivity index (χ3v) is 2.64. The van der Waals surface area contributed by atoms with Crippen molar-refractivity contribution in [2.75, 3.05) is 19.7 Å². The number of nitrogens with one attached hydrogen (secondary N) is 1. The Balaban J connectivity index is 2.26. The zero-order valence-corrected chi connectivity index (χ0v) is 10.7. The first kappa shape index (κ1) is 13.0. The normalized spacial score (nSPS) is 10.4. The maximum atomic E-state index is 5.79. The molecule has 1 rings (SSSR count). The number of rotatable bonds is 7. The Bertz CT molecular complexity index is 289. The number of benzene rings is 1. The summed E-state index contributed by atoms with van der Waals surface area (Å²) in [5.74, 6) is 1.04. The summed E-state index contributed by atoms with van der Waals surface area (Å²) in [6.45, 7) is 9.14. The summed E-state index contributed by atoms with van der Waals surface area (Å²) >= 11 is 0. The van der Waals surface area contributed by atoms with Gasteiger partial charge in [-0.1, -0.05) is 31.5 Å². The molecule has 0 amide bonds. The van der Waals surface area contributed by atoms with Gasteiger partial charge in [-0.2, -0.15) is 0 Å². The quantitative estimate of drug-likeness (QED) is 0.714. The van der Waals surface area contributed by atoms with E-state index in [0.29, 0.717) is 0 Å². The van der Waals surface area contributed by atoms with Gasteiger partial charge in [0.2, 0.25) is 0 Å². The Kier molecular flexibility index (Phi) is 5.94. The van der Waals surface area contributed by atoms with E-state index < -0.39 is 0 Å². The van der Waals surface area contributed by atoms with Crippen LogP contribution in [0.25, 0.3) is 0 Å². The van der Waals surface area contributed by atoms with Gasteiger partial charge in [0, 0.05) is 6.54 Å². The van der Waals surface area contributed by atoms with E-state index >= 15 is 0 Å². The summed E-state index contributed by atoms with van der Waals surface area (Å²) in [5, 5.41) is 3.37. The van der Waals surface area contributed by atoms with E-state index in [2.05, 4.69) is 44.3 Å². The van der Waals surface area contributed by atoms with Crippen LogP contribution in [0.15, 0.2) is 18.2 Å². The number of ether oxygens (including phenoxy) is 1. The predicted molar refractivity (Wildman–Crippen MR) is 69.2 cm³/mol. The van der Waals surface area contributed by atoms with Crippen molar-refractivity contribution in [1.29, 1.82) is 0 Å². The number of unbranched alkanes of at least 4 members (excludes halogenated alkanes) is 1. The van der Waals surface area contributed by atoms with E-state index in [-0.39, 0.29) is 0 Å². The third kappa shape index (κ3) is 4.23. The maximum absolute atomic E-state index is 5.79. The van der Waals surface area contributed by atoms with Gasteiger partial charge in [0.1, 0.15) is 12.4 Å². The smallest absolute Gasteiger partial charge is 0.125 e. The molecule has 1 N–H and O–H groups in total. The van der Waals surface area contributed by atoms with Gasteiger partial charge in [0.15, 0.2) is 0 Å². The van der Waals surface area contributed by atoms with Crippen LogP contribution in [0, 0.1) is 13.8 Å². The van der Waals surface area contributed by atoms with Crippen molar-refractivity contribution in [3.8, 4) is 5.75 Å². The molecule has 0 aliphatic rings. The number of para-hydroxylation sites is 1. The minimum absolute atomic E-state index is 0.745. The molecule has 0 atom stereocenters. The fourth-order valence-electron chi connectivity index (χ4n) is 1.68. The topological polar surface area (TPSA) is 21.3 Å². The molecule has 1 aromatic carbocycles. The van der Waals surface area contributed by atoms with E-state index in [9.17, 15) is 0 Å². The molecule has 1 aromatic rings. The Hall–Kier alpha value is -1.02. The summed E-state index contributed by atoms with van der Waals surface area (Å²) in [7, 11) is 0. The van der Waals surface area contributed by atoms with Crippen LogP contribution in [-0.2, 0) is 0 Å². The molecule has 0 unspecified atom stereocenters.